The van der Waals surface area contributed by atoms with E-state index in [2.05, 4.69) is 15.5 Å². The summed E-state index contributed by atoms with van der Waals surface area (Å²) in [6.07, 6.45) is 5.85. The van der Waals surface area contributed by atoms with Crippen LogP contribution in [0, 0.1) is 17.2 Å². The third-order valence-electron chi connectivity index (χ3n) is 4.69. The van der Waals surface area contributed by atoms with Gasteiger partial charge in [-0.3, -0.25) is 4.79 Å². The lowest BCUT2D eigenvalue weighted by molar-refractivity contribution is 0.0704. The number of aromatic nitrogens is 2. The van der Waals surface area contributed by atoms with Crippen LogP contribution in [0.2, 0.25) is 0 Å². The molecule has 0 spiro atoms. The second-order valence-corrected chi connectivity index (χ2v) is 6.24. The van der Waals surface area contributed by atoms with Crippen molar-refractivity contribution in [3.05, 3.63) is 35.9 Å². The Morgan fingerprint density at radius 2 is 2.00 bits per heavy atom. The molecule has 1 aliphatic heterocycles. The van der Waals surface area contributed by atoms with E-state index in [9.17, 15) is 4.79 Å². The van der Waals surface area contributed by atoms with Crippen molar-refractivity contribution in [1.29, 1.82) is 5.26 Å². The highest BCUT2D eigenvalue weighted by Gasteiger charge is 2.32. The van der Waals surface area contributed by atoms with Gasteiger partial charge in [-0.25, -0.2) is 4.98 Å². The van der Waals surface area contributed by atoms with Crippen LogP contribution in [-0.4, -0.2) is 33.3 Å². The Labute approximate surface area is 129 Å². The van der Waals surface area contributed by atoms with Gasteiger partial charge >= 0.3 is 0 Å². The molecule has 5 heteroatoms. The van der Waals surface area contributed by atoms with Crippen LogP contribution in [0.25, 0.3) is 5.52 Å². The first-order chi connectivity index (χ1) is 10.8. The maximum Gasteiger partial charge on any atom is 0.274 e. The quantitative estimate of drug-likeness (QED) is 0.855. The summed E-state index contributed by atoms with van der Waals surface area (Å²) in [6.45, 7) is 1.31. The maximum atomic E-state index is 12.8. The molecular weight excluding hydrogens is 276 g/mol. The van der Waals surface area contributed by atoms with Gasteiger partial charge in [-0.2, -0.15) is 5.26 Å². The molecular formula is C17H18N4O. The number of pyridine rings is 1. The molecule has 1 saturated carbocycles. The van der Waals surface area contributed by atoms with Gasteiger partial charge in [-0.1, -0.05) is 6.07 Å². The van der Waals surface area contributed by atoms with Crippen molar-refractivity contribution in [2.24, 2.45) is 5.92 Å². The standard InChI is InChI=1S/C17H18N4O/c18-11-12-6-9-20(10-7-12)17(22)15-14-3-1-2-8-21(14)16(19-15)13-4-5-13/h1-3,8,12-13H,4-7,9-10H2. The second-order valence-electron chi connectivity index (χ2n) is 6.24. The number of likely N-dealkylation sites (tertiary alicyclic amines) is 1. The van der Waals surface area contributed by atoms with Gasteiger partial charge in [-0.05, 0) is 37.8 Å². The minimum atomic E-state index is 0.00647. The number of hydrogen-bond donors (Lipinski definition) is 0. The number of nitriles is 1. The first-order valence-corrected chi connectivity index (χ1v) is 7.94. The number of nitrogens with zero attached hydrogens (tertiary/aromatic N) is 4. The van der Waals surface area contributed by atoms with E-state index in [1.54, 1.807) is 0 Å². The first-order valence-electron chi connectivity index (χ1n) is 7.94. The lowest BCUT2D eigenvalue weighted by atomic mass is 9.98. The van der Waals surface area contributed by atoms with E-state index in [0.717, 1.165) is 37.0 Å². The van der Waals surface area contributed by atoms with Gasteiger partial charge < -0.3 is 9.30 Å². The molecule has 1 aliphatic carbocycles. The third-order valence-corrected chi connectivity index (χ3v) is 4.69. The molecule has 4 rings (SSSR count). The van der Waals surface area contributed by atoms with Crippen LogP contribution >= 0.6 is 0 Å². The van der Waals surface area contributed by atoms with Crippen molar-refractivity contribution in [2.75, 3.05) is 13.1 Å². The smallest absolute Gasteiger partial charge is 0.274 e. The highest BCUT2D eigenvalue weighted by atomic mass is 16.2. The summed E-state index contributed by atoms with van der Waals surface area (Å²) in [5, 5.41) is 8.98. The van der Waals surface area contributed by atoms with E-state index in [0.29, 0.717) is 24.7 Å². The maximum absolute atomic E-state index is 12.8. The Balaban J connectivity index is 1.66. The van der Waals surface area contributed by atoms with Crippen LogP contribution in [0.1, 0.15) is 47.9 Å². The van der Waals surface area contributed by atoms with E-state index in [1.807, 2.05) is 29.3 Å². The number of carbonyl (C=O) groups is 1. The molecule has 1 amide bonds. The summed E-state index contributed by atoms with van der Waals surface area (Å²) >= 11 is 0. The van der Waals surface area contributed by atoms with Crippen LogP contribution in [-0.2, 0) is 0 Å². The van der Waals surface area contributed by atoms with Crippen molar-refractivity contribution in [1.82, 2.24) is 14.3 Å². The van der Waals surface area contributed by atoms with Crippen molar-refractivity contribution in [3.63, 3.8) is 0 Å². The molecule has 0 N–H and O–H groups in total. The first kappa shape index (κ1) is 13.3. The van der Waals surface area contributed by atoms with E-state index in [1.165, 1.54) is 0 Å². The molecule has 1 saturated heterocycles. The van der Waals surface area contributed by atoms with Crippen molar-refractivity contribution in [2.45, 2.75) is 31.6 Å². The Hall–Kier alpha value is -2.35. The van der Waals surface area contributed by atoms with E-state index >= 15 is 0 Å². The van der Waals surface area contributed by atoms with Gasteiger partial charge in [0.2, 0.25) is 0 Å². The zero-order valence-corrected chi connectivity index (χ0v) is 12.4. The fraction of sp³-hybridized carbons (Fsp3) is 0.471. The van der Waals surface area contributed by atoms with Crippen molar-refractivity contribution < 1.29 is 4.79 Å². The van der Waals surface area contributed by atoms with E-state index < -0.39 is 0 Å². The average molecular weight is 294 g/mol. The predicted molar refractivity (Wildman–Crippen MR) is 81.4 cm³/mol. The normalized spacial score (nSPS) is 19.3. The predicted octanol–water partition coefficient (Wildman–Crippen LogP) is 2.59. The number of piperidine rings is 1. The Morgan fingerprint density at radius 1 is 1.23 bits per heavy atom. The zero-order chi connectivity index (χ0) is 15.1. The molecule has 112 valence electrons. The Bertz CT molecular complexity index is 761. The Kier molecular flexibility index (Phi) is 3.11. The highest BCUT2D eigenvalue weighted by Crippen LogP contribution is 2.40. The monoisotopic (exact) mass is 294 g/mol. The van der Waals surface area contributed by atoms with Crippen LogP contribution in [0.3, 0.4) is 0 Å². The van der Waals surface area contributed by atoms with Crippen molar-refractivity contribution in [3.8, 4) is 6.07 Å². The molecule has 0 aromatic carbocycles. The number of amides is 1. The summed E-state index contributed by atoms with van der Waals surface area (Å²) in [5.41, 5.74) is 1.47. The molecule has 0 unspecified atom stereocenters. The van der Waals surface area contributed by atoms with E-state index in [-0.39, 0.29) is 11.8 Å². The second kappa shape index (κ2) is 5.13. The number of rotatable bonds is 2. The lowest BCUT2D eigenvalue weighted by Crippen LogP contribution is -2.38. The van der Waals surface area contributed by atoms with Crippen LogP contribution in [0.15, 0.2) is 24.4 Å². The third kappa shape index (κ3) is 2.16. The molecule has 22 heavy (non-hydrogen) atoms. The summed E-state index contributed by atoms with van der Waals surface area (Å²) in [6, 6.07) is 8.20. The van der Waals surface area contributed by atoms with Gasteiger partial charge in [-0.15, -0.1) is 0 Å². The van der Waals surface area contributed by atoms with Gasteiger partial charge in [0, 0.05) is 31.1 Å². The molecule has 2 aliphatic rings. The van der Waals surface area contributed by atoms with Crippen LogP contribution in [0.4, 0.5) is 0 Å². The largest absolute Gasteiger partial charge is 0.337 e. The number of hydrogen-bond acceptors (Lipinski definition) is 3. The fourth-order valence-electron chi connectivity index (χ4n) is 3.21. The lowest BCUT2D eigenvalue weighted by Gasteiger charge is -2.28. The minimum absolute atomic E-state index is 0.00647. The van der Waals surface area contributed by atoms with Crippen LogP contribution < -0.4 is 0 Å². The summed E-state index contributed by atoms with van der Waals surface area (Å²) in [7, 11) is 0. The van der Waals surface area contributed by atoms with E-state index in [4.69, 9.17) is 5.26 Å². The fourth-order valence-corrected chi connectivity index (χ4v) is 3.21. The summed E-state index contributed by atoms with van der Waals surface area (Å²) in [5.74, 6) is 1.61. The molecule has 2 aromatic rings. The molecule has 2 aromatic heterocycles. The van der Waals surface area contributed by atoms with Gasteiger partial charge in [0.15, 0.2) is 5.69 Å². The van der Waals surface area contributed by atoms with Crippen LogP contribution in [0.5, 0.6) is 0 Å². The highest BCUT2D eigenvalue weighted by molar-refractivity contribution is 5.99. The van der Waals surface area contributed by atoms with Gasteiger partial charge in [0.25, 0.3) is 5.91 Å². The minimum Gasteiger partial charge on any atom is -0.337 e. The zero-order valence-electron chi connectivity index (χ0n) is 12.4. The molecule has 2 fully saturated rings. The average Bonchev–Trinajstić information content (AvgIpc) is 3.35. The summed E-state index contributed by atoms with van der Waals surface area (Å²) < 4.78 is 2.06. The molecule has 0 radical (unpaired) electrons. The molecule has 0 atom stereocenters. The molecule has 0 bridgehead atoms. The number of carbonyl (C=O) groups excluding carboxylic acids is 1. The van der Waals surface area contributed by atoms with Gasteiger partial charge in [0.05, 0.1) is 11.6 Å². The topological polar surface area (TPSA) is 61.4 Å². The SMILES string of the molecule is N#CC1CCN(C(=O)c2nc(C3CC3)n3ccccc23)CC1. The van der Waals surface area contributed by atoms with Crippen molar-refractivity contribution >= 4 is 11.4 Å². The number of imidazole rings is 1. The number of fused-ring (bicyclic) bond motifs is 1. The van der Waals surface area contributed by atoms with Gasteiger partial charge in [0.1, 0.15) is 5.82 Å². The molecule has 3 heterocycles. The summed E-state index contributed by atoms with van der Waals surface area (Å²) in [4.78, 5) is 19.4. The Morgan fingerprint density at radius 3 is 2.68 bits per heavy atom. The molecule has 5 nitrogen and oxygen atoms in total.